The lowest BCUT2D eigenvalue weighted by Crippen LogP contribution is -2.41. The van der Waals surface area contributed by atoms with Crippen LogP contribution in [-0.4, -0.2) is 19.1 Å². The highest BCUT2D eigenvalue weighted by Gasteiger charge is 2.13. The largest absolute Gasteiger partial charge is 0.494 e. The summed E-state index contributed by atoms with van der Waals surface area (Å²) in [4.78, 5) is 4.26. The molecule has 0 bridgehead atoms. The molecule has 1 fully saturated rings. The SMILES string of the molecule is COc1ccc(CN=C(N)NC2CCCCC2)cc1F.I. The number of ether oxygens (including phenoxy) is 1. The molecule has 0 aromatic heterocycles. The number of nitrogens with one attached hydrogen (secondary N) is 1. The van der Waals surface area contributed by atoms with Crippen LogP contribution in [0.1, 0.15) is 37.7 Å². The van der Waals surface area contributed by atoms with E-state index in [4.69, 9.17) is 10.5 Å². The Bertz CT molecular complexity index is 476. The van der Waals surface area contributed by atoms with Crippen LogP contribution in [0.5, 0.6) is 5.75 Å². The lowest BCUT2D eigenvalue weighted by Gasteiger charge is -2.23. The molecule has 1 aromatic carbocycles. The molecule has 0 heterocycles. The van der Waals surface area contributed by atoms with E-state index in [1.165, 1.54) is 32.4 Å². The van der Waals surface area contributed by atoms with Gasteiger partial charge in [-0.1, -0.05) is 25.3 Å². The first kappa shape index (κ1) is 18.0. The number of hydrogen-bond acceptors (Lipinski definition) is 2. The molecule has 3 N–H and O–H groups in total. The molecule has 0 radical (unpaired) electrons. The van der Waals surface area contributed by atoms with Gasteiger partial charge in [0.1, 0.15) is 0 Å². The fraction of sp³-hybridized carbons (Fsp3) is 0.533. The number of rotatable bonds is 4. The van der Waals surface area contributed by atoms with Gasteiger partial charge in [0.2, 0.25) is 0 Å². The van der Waals surface area contributed by atoms with Crippen LogP contribution in [-0.2, 0) is 6.54 Å². The lowest BCUT2D eigenvalue weighted by atomic mass is 9.96. The summed E-state index contributed by atoms with van der Waals surface area (Å²) in [5, 5.41) is 3.24. The molecule has 1 saturated carbocycles. The van der Waals surface area contributed by atoms with E-state index >= 15 is 0 Å². The predicted molar refractivity (Wildman–Crippen MR) is 93.7 cm³/mol. The minimum Gasteiger partial charge on any atom is -0.494 e. The molecule has 0 unspecified atom stereocenters. The summed E-state index contributed by atoms with van der Waals surface area (Å²) in [6.45, 7) is 0.368. The van der Waals surface area contributed by atoms with Crippen LogP contribution < -0.4 is 15.8 Å². The van der Waals surface area contributed by atoms with Gasteiger partial charge in [0.05, 0.1) is 13.7 Å². The summed E-state index contributed by atoms with van der Waals surface area (Å²) >= 11 is 0. The Morgan fingerprint density at radius 3 is 2.71 bits per heavy atom. The molecule has 6 heteroatoms. The van der Waals surface area contributed by atoms with Crippen molar-refractivity contribution in [2.45, 2.75) is 44.7 Å². The van der Waals surface area contributed by atoms with Gasteiger partial charge in [-0.15, -0.1) is 24.0 Å². The molecule has 0 atom stereocenters. The monoisotopic (exact) mass is 407 g/mol. The van der Waals surface area contributed by atoms with E-state index in [1.807, 2.05) is 0 Å². The Hall–Kier alpha value is -1.05. The number of nitrogens with two attached hydrogens (primary N) is 1. The minimum absolute atomic E-state index is 0. The molecule has 1 aliphatic carbocycles. The molecule has 0 saturated heterocycles. The Kier molecular flexibility index (Phi) is 7.77. The van der Waals surface area contributed by atoms with Crippen molar-refractivity contribution in [3.63, 3.8) is 0 Å². The van der Waals surface area contributed by atoms with Crippen molar-refractivity contribution in [1.82, 2.24) is 5.32 Å². The summed E-state index contributed by atoms with van der Waals surface area (Å²) in [5.41, 5.74) is 6.64. The van der Waals surface area contributed by atoms with Crippen molar-refractivity contribution in [3.05, 3.63) is 29.6 Å². The maximum atomic E-state index is 13.5. The Labute approximate surface area is 142 Å². The van der Waals surface area contributed by atoms with E-state index in [2.05, 4.69) is 10.3 Å². The summed E-state index contributed by atoms with van der Waals surface area (Å²) in [6, 6.07) is 5.25. The summed E-state index contributed by atoms with van der Waals surface area (Å²) in [6.07, 6.45) is 6.09. The standard InChI is InChI=1S/C15H22FN3O.HI/c1-20-14-8-7-11(9-13(14)16)10-18-15(17)19-12-5-3-2-4-6-12;/h7-9,12H,2-6,10H2,1H3,(H3,17,18,19);1H. The topological polar surface area (TPSA) is 59.6 Å². The van der Waals surface area contributed by atoms with E-state index in [0.717, 1.165) is 18.4 Å². The van der Waals surface area contributed by atoms with Crippen molar-refractivity contribution < 1.29 is 9.13 Å². The molecular formula is C15H23FIN3O. The molecule has 0 spiro atoms. The third kappa shape index (κ3) is 5.68. The van der Waals surface area contributed by atoms with E-state index in [0.29, 0.717) is 18.5 Å². The first-order chi connectivity index (χ1) is 9.69. The fourth-order valence-electron chi connectivity index (χ4n) is 2.49. The van der Waals surface area contributed by atoms with Gasteiger partial charge in [-0.2, -0.15) is 0 Å². The van der Waals surface area contributed by atoms with Crippen LogP contribution in [0, 0.1) is 5.82 Å². The van der Waals surface area contributed by atoms with E-state index in [9.17, 15) is 4.39 Å². The van der Waals surface area contributed by atoms with Crippen LogP contribution in [0.15, 0.2) is 23.2 Å². The average Bonchev–Trinajstić information content (AvgIpc) is 2.46. The van der Waals surface area contributed by atoms with Crippen LogP contribution in [0.2, 0.25) is 0 Å². The van der Waals surface area contributed by atoms with Gasteiger partial charge in [0.15, 0.2) is 17.5 Å². The van der Waals surface area contributed by atoms with Gasteiger partial charge < -0.3 is 15.8 Å². The van der Waals surface area contributed by atoms with Crippen molar-refractivity contribution in [2.24, 2.45) is 10.7 Å². The molecule has 2 rings (SSSR count). The Morgan fingerprint density at radius 2 is 2.10 bits per heavy atom. The van der Waals surface area contributed by atoms with Crippen molar-refractivity contribution >= 4 is 29.9 Å². The van der Waals surface area contributed by atoms with Gasteiger partial charge >= 0.3 is 0 Å². The molecule has 21 heavy (non-hydrogen) atoms. The number of methoxy groups -OCH3 is 1. The first-order valence-electron chi connectivity index (χ1n) is 7.08. The van der Waals surface area contributed by atoms with Crippen molar-refractivity contribution in [3.8, 4) is 5.75 Å². The maximum Gasteiger partial charge on any atom is 0.189 e. The fourth-order valence-corrected chi connectivity index (χ4v) is 2.49. The van der Waals surface area contributed by atoms with E-state index < -0.39 is 0 Å². The van der Waals surface area contributed by atoms with Gasteiger partial charge in [0.25, 0.3) is 0 Å². The molecule has 1 aromatic rings. The number of guanidine groups is 1. The number of halogens is 2. The number of benzene rings is 1. The Balaban J connectivity index is 0.00000220. The quantitative estimate of drug-likeness (QED) is 0.458. The highest BCUT2D eigenvalue weighted by Crippen LogP contribution is 2.18. The normalized spacial score (nSPS) is 16.2. The predicted octanol–water partition coefficient (Wildman–Crippen LogP) is 3.19. The van der Waals surface area contributed by atoms with Crippen LogP contribution in [0.4, 0.5) is 4.39 Å². The first-order valence-corrected chi connectivity index (χ1v) is 7.08. The zero-order valence-corrected chi connectivity index (χ0v) is 14.6. The average molecular weight is 407 g/mol. The molecule has 118 valence electrons. The Morgan fingerprint density at radius 1 is 1.38 bits per heavy atom. The molecule has 0 amide bonds. The third-order valence-corrected chi connectivity index (χ3v) is 3.61. The number of aliphatic imine (C=N–C) groups is 1. The van der Waals surface area contributed by atoms with Crippen LogP contribution in [0.25, 0.3) is 0 Å². The maximum absolute atomic E-state index is 13.5. The molecule has 0 aliphatic heterocycles. The van der Waals surface area contributed by atoms with Crippen LogP contribution >= 0.6 is 24.0 Å². The second-order valence-electron chi connectivity index (χ2n) is 5.15. The second kappa shape index (κ2) is 9.07. The zero-order valence-electron chi connectivity index (χ0n) is 12.3. The third-order valence-electron chi connectivity index (χ3n) is 3.61. The van der Waals surface area contributed by atoms with E-state index in [1.54, 1.807) is 12.1 Å². The van der Waals surface area contributed by atoms with Crippen LogP contribution in [0.3, 0.4) is 0 Å². The zero-order chi connectivity index (χ0) is 14.4. The highest BCUT2D eigenvalue weighted by molar-refractivity contribution is 14.0. The minimum atomic E-state index is -0.376. The van der Waals surface area contributed by atoms with Crippen molar-refractivity contribution in [1.29, 1.82) is 0 Å². The van der Waals surface area contributed by atoms with Gasteiger partial charge in [-0.25, -0.2) is 9.38 Å². The molecular weight excluding hydrogens is 384 g/mol. The van der Waals surface area contributed by atoms with Gasteiger partial charge in [-0.3, -0.25) is 0 Å². The highest BCUT2D eigenvalue weighted by atomic mass is 127. The molecule has 1 aliphatic rings. The number of hydrogen-bond donors (Lipinski definition) is 2. The number of nitrogens with zero attached hydrogens (tertiary/aromatic N) is 1. The summed E-state index contributed by atoms with van der Waals surface area (Å²) in [5.74, 6) is 0.304. The van der Waals surface area contributed by atoms with E-state index in [-0.39, 0.29) is 35.5 Å². The second-order valence-corrected chi connectivity index (χ2v) is 5.15. The smallest absolute Gasteiger partial charge is 0.189 e. The summed E-state index contributed by atoms with van der Waals surface area (Å²) in [7, 11) is 1.45. The van der Waals surface area contributed by atoms with Crippen molar-refractivity contribution in [2.75, 3.05) is 7.11 Å². The summed E-state index contributed by atoms with van der Waals surface area (Å²) < 4.78 is 18.4. The van der Waals surface area contributed by atoms with Gasteiger partial charge in [-0.05, 0) is 30.5 Å². The van der Waals surface area contributed by atoms with Gasteiger partial charge in [0, 0.05) is 6.04 Å². The lowest BCUT2D eigenvalue weighted by molar-refractivity contribution is 0.386. The molecule has 4 nitrogen and oxygen atoms in total.